The van der Waals surface area contributed by atoms with Crippen molar-refractivity contribution >= 4 is 23.3 Å². The van der Waals surface area contributed by atoms with Gasteiger partial charge >= 0.3 is 6.03 Å². The number of aryl methyl sites for hydroxylation is 2. The molecule has 0 radical (unpaired) electrons. The summed E-state index contributed by atoms with van der Waals surface area (Å²) in [5.74, 6) is 0. The van der Waals surface area contributed by atoms with E-state index in [1.807, 2.05) is 37.3 Å². The van der Waals surface area contributed by atoms with E-state index in [4.69, 9.17) is 11.6 Å². The molecule has 122 valence electrons. The molecule has 0 saturated carbocycles. The van der Waals surface area contributed by atoms with E-state index in [0.717, 1.165) is 23.2 Å². The molecule has 0 bridgehead atoms. The van der Waals surface area contributed by atoms with Gasteiger partial charge in [-0.2, -0.15) is 0 Å². The van der Waals surface area contributed by atoms with Crippen LogP contribution in [-0.4, -0.2) is 6.03 Å². The molecule has 0 spiro atoms. The Morgan fingerprint density at radius 2 is 1.96 bits per heavy atom. The molecule has 2 amide bonds. The number of urea groups is 1. The van der Waals surface area contributed by atoms with Crippen LogP contribution in [0.25, 0.3) is 0 Å². The molecule has 23 heavy (non-hydrogen) atoms. The molecule has 2 rings (SSSR count). The van der Waals surface area contributed by atoms with Crippen LogP contribution in [0.2, 0.25) is 5.02 Å². The van der Waals surface area contributed by atoms with Gasteiger partial charge in [0.1, 0.15) is 0 Å². The molecule has 0 aliphatic rings. The third-order valence-electron chi connectivity index (χ3n) is 3.70. The van der Waals surface area contributed by atoms with Gasteiger partial charge in [-0.05, 0) is 54.7 Å². The maximum Gasteiger partial charge on any atom is 0.319 e. The highest BCUT2D eigenvalue weighted by Crippen LogP contribution is 2.18. The van der Waals surface area contributed by atoms with Gasteiger partial charge in [0.15, 0.2) is 0 Å². The van der Waals surface area contributed by atoms with E-state index >= 15 is 0 Å². The lowest BCUT2D eigenvalue weighted by atomic mass is 10.0. The van der Waals surface area contributed by atoms with Crippen molar-refractivity contribution < 1.29 is 4.79 Å². The standard InChI is InChI=1S/C19H23ClN2O/c1-3-4-6-15-9-10-18(14(2)11-15)22-19(23)21-13-16-7-5-8-17(20)12-16/h5,7-12H,3-4,6,13H2,1-2H3,(H2,21,22,23). The van der Waals surface area contributed by atoms with Crippen LogP contribution < -0.4 is 10.6 Å². The van der Waals surface area contributed by atoms with E-state index in [1.165, 1.54) is 18.4 Å². The molecule has 0 fully saturated rings. The Morgan fingerprint density at radius 1 is 1.13 bits per heavy atom. The van der Waals surface area contributed by atoms with Crippen molar-refractivity contribution in [3.05, 3.63) is 64.2 Å². The lowest BCUT2D eigenvalue weighted by molar-refractivity contribution is 0.251. The number of hydrogen-bond donors (Lipinski definition) is 2. The summed E-state index contributed by atoms with van der Waals surface area (Å²) in [5.41, 5.74) is 4.21. The van der Waals surface area contributed by atoms with Crippen molar-refractivity contribution in [3.8, 4) is 0 Å². The normalized spacial score (nSPS) is 10.4. The van der Waals surface area contributed by atoms with E-state index < -0.39 is 0 Å². The van der Waals surface area contributed by atoms with Gasteiger partial charge < -0.3 is 10.6 Å². The third-order valence-corrected chi connectivity index (χ3v) is 3.94. The maximum atomic E-state index is 12.0. The summed E-state index contributed by atoms with van der Waals surface area (Å²) < 4.78 is 0. The smallest absolute Gasteiger partial charge is 0.319 e. The highest BCUT2D eigenvalue weighted by atomic mass is 35.5. The Morgan fingerprint density at radius 3 is 2.65 bits per heavy atom. The Kier molecular flexibility index (Phi) is 6.48. The van der Waals surface area contributed by atoms with Crippen molar-refractivity contribution in [1.82, 2.24) is 5.32 Å². The first-order valence-corrected chi connectivity index (χ1v) is 8.35. The van der Waals surface area contributed by atoms with Crippen LogP contribution in [0, 0.1) is 6.92 Å². The van der Waals surface area contributed by atoms with Gasteiger partial charge in [-0.3, -0.25) is 0 Å². The Bertz CT molecular complexity index is 670. The van der Waals surface area contributed by atoms with Gasteiger partial charge in [0.05, 0.1) is 0 Å². The van der Waals surface area contributed by atoms with Gasteiger partial charge in [-0.15, -0.1) is 0 Å². The molecule has 2 aromatic rings. The minimum Gasteiger partial charge on any atom is -0.334 e. The van der Waals surface area contributed by atoms with E-state index in [1.54, 1.807) is 0 Å². The van der Waals surface area contributed by atoms with E-state index in [2.05, 4.69) is 29.7 Å². The van der Waals surface area contributed by atoms with Crippen molar-refractivity contribution in [1.29, 1.82) is 0 Å². The number of amides is 2. The number of nitrogens with one attached hydrogen (secondary N) is 2. The predicted octanol–water partition coefficient (Wildman–Crippen LogP) is 5.31. The highest BCUT2D eigenvalue weighted by molar-refractivity contribution is 6.30. The molecule has 0 aliphatic carbocycles. The lowest BCUT2D eigenvalue weighted by Gasteiger charge is -2.11. The Hall–Kier alpha value is -2.00. The fraction of sp³-hybridized carbons (Fsp3) is 0.316. The summed E-state index contributed by atoms with van der Waals surface area (Å²) in [5, 5.41) is 6.41. The first kappa shape index (κ1) is 17.4. The molecular weight excluding hydrogens is 308 g/mol. The van der Waals surface area contributed by atoms with E-state index in [9.17, 15) is 4.79 Å². The third kappa shape index (κ3) is 5.61. The van der Waals surface area contributed by atoms with Gasteiger partial charge in [-0.1, -0.05) is 49.2 Å². The minimum atomic E-state index is -0.214. The van der Waals surface area contributed by atoms with Crippen molar-refractivity contribution in [2.24, 2.45) is 0 Å². The van der Waals surface area contributed by atoms with Crippen molar-refractivity contribution in [3.63, 3.8) is 0 Å². The van der Waals surface area contributed by atoms with Crippen LogP contribution in [0.5, 0.6) is 0 Å². The topological polar surface area (TPSA) is 41.1 Å². The molecule has 2 N–H and O–H groups in total. The molecule has 0 aromatic heterocycles. The largest absolute Gasteiger partial charge is 0.334 e. The molecule has 2 aromatic carbocycles. The Balaban J connectivity index is 1.89. The van der Waals surface area contributed by atoms with Crippen molar-refractivity contribution in [2.45, 2.75) is 39.7 Å². The van der Waals surface area contributed by atoms with Crippen LogP contribution in [0.15, 0.2) is 42.5 Å². The summed E-state index contributed by atoms with van der Waals surface area (Å²) in [7, 11) is 0. The Labute approximate surface area is 143 Å². The average Bonchev–Trinajstić information content (AvgIpc) is 2.53. The second-order valence-corrected chi connectivity index (χ2v) is 6.13. The van der Waals surface area contributed by atoms with E-state index in [-0.39, 0.29) is 6.03 Å². The molecule has 3 nitrogen and oxygen atoms in total. The van der Waals surface area contributed by atoms with Crippen LogP contribution in [0.1, 0.15) is 36.5 Å². The lowest BCUT2D eigenvalue weighted by Crippen LogP contribution is -2.28. The molecule has 0 saturated heterocycles. The molecular formula is C19H23ClN2O. The zero-order chi connectivity index (χ0) is 16.7. The fourth-order valence-corrected chi connectivity index (χ4v) is 2.61. The van der Waals surface area contributed by atoms with Gasteiger partial charge in [-0.25, -0.2) is 4.79 Å². The number of rotatable bonds is 6. The zero-order valence-electron chi connectivity index (χ0n) is 13.7. The molecule has 0 aliphatic heterocycles. The molecule has 0 heterocycles. The van der Waals surface area contributed by atoms with Crippen LogP contribution in [-0.2, 0) is 13.0 Å². The average molecular weight is 331 g/mol. The first-order valence-electron chi connectivity index (χ1n) is 7.97. The SMILES string of the molecule is CCCCc1ccc(NC(=O)NCc2cccc(Cl)c2)c(C)c1. The first-order chi connectivity index (χ1) is 11.1. The maximum absolute atomic E-state index is 12.0. The summed E-state index contributed by atoms with van der Waals surface area (Å²) in [6.07, 6.45) is 3.45. The molecule has 0 unspecified atom stereocenters. The number of hydrogen-bond acceptors (Lipinski definition) is 1. The summed E-state index contributed by atoms with van der Waals surface area (Å²) in [4.78, 5) is 12.0. The van der Waals surface area contributed by atoms with Crippen LogP contribution in [0.3, 0.4) is 0 Å². The molecule has 0 atom stereocenters. The van der Waals surface area contributed by atoms with Crippen LogP contribution in [0.4, 0.5) is 10.5 Å². The second-order valence-electron chi connectivity index (χ2n) is 5.69. The predicted molar refractivity (Wildman–Crippen MR) is 97.1 cm³/mol. The number of benzene rings is 2. The zero-order valence-corrected chi connectivity index (χ0v) is 14.4. The van der Waals surface area contributed by atoms with Crippen molar-refractivity contribution in [2.75, 3.05) is 5.32 Å². The highest BCUT2D eigenvalue weighted by Gasteiger charge is 2.05. The number of carbonyl (C=O) groups excluding carboxylic acids is 1. The number of unbranched alkanes of at least 4 members (excludes halogenated alkanes) is 1. The van der Waals surface area contributed by atoms with E-state index in [0.29, 0.717) is 11.6 Å². The van der Waals surface area contributed by atoms with Crippen LogP contribution >= 0.6 is 11.6 Å². The van der Waals surface area contributed by atoms with Gasteiger partial charge in [0.2, 0.25) is 0 Å². The van der Waals surface area contributed by atoms with Gasteiger partial charge in [0, 0.05) is 17.3 Å². The number of anilines is 1. The van der Waals surface area contributed by atoms with Gasteiger partial charge in [0.25, 0.3) is 0 Å². The minimum absolute atomic E-state index is 0.214. The second kappa shape index (κ2) is 8.59. The monoisotopic (exact) mass is 330 g/mol. The fourth-order valence-electron chi connectivity index (χ4n) is 2.40. The summed E-state index contributed by atoms with van der Waals surface area (Å²) in [6, 6.07) is 13.4. The summed E-state index contributed by atoms with van der Waals surface area (Å²) in [6.45, 7) is 4.65. The quantitative estimate of drug-likeness (QED) is 0.740. The molecule has 4 heteroatoms. The number of halogens is 1. The summed E-state index contributed by atoms with van der Waals surface area (Å²) >= 11 is 5.93. The number of carbonyl (C=O) groups is 1.